The minimum absolute atomic E-state index is 0.0340. The molecule has 1 fully saturated rings. The van der Waals surface area contributed by atoms with E-state index in [1.165, 1.54) is 12.3 Å². The van der Waals surface area contributed by atoms with E-state index in [1.807, 2.05) is 11.8 Å². The van der Waals surface area contributed by atoms with E-state index in [4.69, 9.17) is 0 Å². The molecule has 1 aliphatic heterocycles. The Balaban J connectivity index is 1.91. The van der Waals surface area contributed by atoms with Crippen molar-refractivity contribution in [2.24, 2.45) is 0 Å². The second-order valence-electron chi connectivity index (χ2n) is 4.35. The maximum absolute atomic E-state index is 10.5. The van der Waals surface area contributed by atoms with Crippen LogP contribution in [0.3, 0.4) is 0 Å². The van der Waals surface area contributed by atoms with Crippen LogP contribution >= 0.6 is 11.8 Å². The summed E-state index contributed by atoms with van der Waals surface area (Å²) in [4.78, 5) is 13.9. The highest BCUT2D eigenvalue weighted by molar-refractivity contribution is 7.99. The van der Waals surface area contributed by atoms with Gasteiger partial charge in [0.1, 0.15) is 12.0 Å². The van der Waals surface area contributed by atoms with Crippen LogP contribution < -0.4 is 5.32 Å². The van der Waals surface area contributed by atoms with Crippen LogP contribution in [0, 0.1) is 10.1 Å². The number of nitro groups is 1. The van der Waals surface area contributed by atoms with E-state index in [0.29, 0.717) is 12.4 Å². The Morgan fingerprint density at radius 2 is 2.22 bits per heavy atom. The summed E-state index contributed by atoms with van der Waals surface area (Å²) in [7, 11) is 0. The van der Waals surface area contributed by atoms with Gasteiger partial charge in [-0.05, 0) is 30.4 Å². The maximum atomic E-state index is 10.5. The van der Waals surface area contributed by atoms with Crippen LogP contribution in [0.5, 0.6) is 0 Å². The molecule has 2 rings (SSSR count). The van der Waals surface area contributed by atoms with Crippen molar-refractivity contribution in [3.8, 4) is 0 Å². The van der Waals surface area contributed by atoms with E-state index in [1.54, 1.807) is 6.07 Å². The molecule has 0 unspecified atom stereocenters. The smallest absolute Gasteiger partial charge is 0.287 e. The molecule has 98 valence electrons. The van der Waals surface area contributed by atoms with Crippen molar-refractivity contribution in [3.05, 3.63) is 28.4 Å². The van der Waals surface area contributed by atoms with Crippen molar-refractivity contribution in [1.82, 2.24) is 4.98 Å². The first-order valence-electron chi connectivity index (χ1n) is 5.74. The lowest BCUT2D eigenvalue weighted by atomic mass is 9.97. The Labute approximate surface area is 109 Å². The van der Waals surface area contributed by atoms with Crippen LogP contribution in [0.2, 0.25) is 0 Å². The molecule has 1 aliphatic rings. The largest absolute Gasteiger partial charge is 0.388 e. The predicted octanol–water partition coefficient (Wildman–Crippen LogP) is 1.66. The topological polar surface area (TPSA) is 88.3 Å². The van der Waals surface area contributed by atoms with Crippen LogP contribution in [0.4, 0.5) is 11.5 Å². The number of nitrogens with one attached hydrogen (secondary N) is 1. The van der Waals surface area contributed by atoms with Gasteiger partial charge in [-0.2, -0.15) is 11.8 Å². The van der Waals surface area contributed by atoms with Crippen molar-refractivity contribution in [2.45, 2.75) is 18.4 Å². The van der Waals surface area contributed by atoms with Gasteiger partial charge < -0.3 is 10.4 Å². The van der Waals surface area contributed by atoms with Crippen molar-refractivity contribution in [2.75, 3.05) is 23.4 Å². The second-order valence-corrected chi connectivity index (χ2v) is 5.57. The molecule has 0 saturated carbocycles. The number of rotatable bonds is 4. The minimum atomic E-state index is -0.686. The number of hydrogen-bond acceptors (Lipinski definition) is 6. The van der Waals surface area contributed by atoms with Gasteiger partial charge in [0.25, 0.3) is 5.69 Å². The number of aliphatic hydroxyl groups is 1. The Morgan fingerprint density at radius 1 is 1.50 bits per heavy atom. The highest BCUT2D eigenvalue weighted by atomic mass is 32.2. The number of aromatic nitrogens is 1. The van der Waals surface area contributed by atoms with Gasteiger partial charge in [-0.3, -0.25) is 10.1 Å². The van der Waals surface area contributed by atoms with Gasteiger partial charge in [0.2, 0.25) is 0 Å². The number of thioether (sulfide) groups is 1. The zero-order chi connectivity index (χ0) is 13.0. The molecule has 1 aromatic rings. The number of pyridine rings is 1. The monoisotopic (exact) mass is 269 g/mol. The molecule has 0 atom stereocenters. The molecule has 0 spiro atoms. The van der Waals surface area contributed by atoms with Crippen LogP contribution in [-0.4, -0.2) is 38.7 Å². The van der Waals surface area contributed by atoms with Crippen molar-refractivity contribution in [3.63, 3.8) is 0 Å². The molecule has 18 heavy (non-hydrogen) atoms. The third-order valence-corrected chi connectivity index (χ3v) is 3.97. The quantitative estimate of drug-likeness (QED) is 0.638. The van der Waals surface area contributed by atoms with Gasteiger partial charge in [-0.15, -0.1) is 0 Å². The van der Waals surface area contributed by atoms with Gasteiger partial charge in [0.05, 0.1) is 10.5 Å². The van der Waals surface area contributed by atoms with E-state index in [0.717, 1.165) is 24.3 Å². The fraction of sp³-hybridized carbons (Fsp3) is 0.545. The summed E-state index contributed by atoms with van der Waals surface area (Å²) in [5, 5.41) is 23.8. The summed E-state index contributed by atoms with van der Waals surface area (Å²) in [5.41, 5.74) is -0.720. The van der Waals surface area contributed by atoms with Gasteiger partial charge >= 0.3 is 0 Å². The van der Waals surface area contributed by atoms with E-state index >= 15 is 0 Å². The molecule has 2 N–H and O–H groups in total. The first-order chi connectivity index (χ1) is 8.59. The third kappa shape index (κ3) is 3.33. The van der Waals surface area contributed by atoms with Crippen LogP contribution in [-0.2, 0) is 0 Å². The Morgan fingerprint density at radius 3 is 2.78 bits per heavy atom. The van der Waals surface area contributed by atoms with Crippen LogP contribution in [0.25, 0.3) is 0 Å². The fourth-order valence-electron chi connectivity index (χ4n) is 1.78. The zero-order valence-corrected chi connectivity index (χ0v) is 10.7. The molecule has 6 nitrogen and oxygen atoms in total. The first kappa shape index (κ1) is 13.1. The summed E-state index contributed by atoms with van der Waals surface area (Å²) in [6, 6.07) is 2.95. The molecular formula is C11H15N3O3S. The van der Waals surface area contributed by atoms with E-state index in [-0.39, 0.29) is 5.69 Å². The molecule has 0 aromatic carbocycles. The average molecular weight is 269 g/mol. The Hall–Kier alpha value is -1.34. The molecule has 1 aromatic heterocycles. The predicted molar refractivity (Wildman–Crippen MR) is 70.9 cm³/mol. The molecule has 0 aliphatic carbocycles. The van der Waals surface area contributed by atoms with Crippen LogP contribution in [0.15, 0.2) is 18.3 Å². The summed E-state index contributed by atoms with van der Waals surface area (Å²) in [6.45, 7) is 0.429. The minimum Gasteiger partial charge on any atom is -0.388 e. The van der Waals surface area contributed by atoms with Gasteiger partial charge in [-0.1, -0.05) is 0 Å². The lowest BCUT2D eigenvalue weighted by Crippen LogP contribution is -2.40. The van der Waals surface area contributed by atoms with Crippen molar-refractivity contribution >= 4 is 23.3 Å². The summed E-state index contributed by atoms with van der Waals surface area (Å²) in [6.07, 6.45) is 2.73. The molecular weight excluding hydrogens is 254 g/mol. The Bertz CT molecular complexity index is 418. The standard InChI is InChI=1S/C11H15N3O3S/c15-11(3-5-18-6-4-11)8-13-10-2-1-9(7-12-10)14(16)17/h1-2,7,15H,3-6,8H2,(H,12,13). The molecule has 1 saturated heterocycles. The molecule has 2 heterocycles. The van der Waals surface area contributed by atoms with Crippen molar-refractivity contribution in [1.29, 1.82) is 0 Å². The van der Waals surface area contributed by atoms with Gasteiger partial charge in [0.15, 0.2) is 0 Å². The molecule has 0 radical (unpaired) electrons. The number of anilines is 1. The third-order valence-electron chi connectivity index (χ3n) is 2.98. The lowest BCUT2D eigenvalue weighted by Gasteiger charge is -2.31. The normalized spacial score (nSPS) is 18.3. The summed E-state index contributed by atoms with van der Waals surface area (Å²) >= 11 is 1.85. The molecule has 0 amide bonds. The van der Waals surface area contributed by atoms with Crippen molar-refractivity contribution < 1.29 is 10.0 Å². The number of hydrogen-bond donors (Lipinski definition) is 2. The summed E-state index contributed by atoms with van der Waals surface area (Å²) in [5.74, 6) is 2.48. The first-order valence-corrected chi connectivity index (χ1v) is 6.89. The second kappa shape index (κ2) is 5.53. The molecule has 7 heteroatoms. The van der Waals surface area contributed by atoms with Gasteiger partial charge in [-0.25, -0.2) is 4.98 Å². The zero-order valence-electron chi connectivity index (χ0n) is 9.83. The summed E-state index contributed by atoms with van der Waals surface area (Å²) < 4.78 is 0. The van der Waals surface area contributed by atoms with E-state index in [9.17, 15) is 15.2 Å². The lowest BCUT2D eigenvalue weighted by molar-refractivity contribution is -0.385. The highest BCUT2D eigenvalue weighted by Gasteiger charge is 2.29. The average Bonchev–Trinajstić information content (AvgIpc) is 2.38. The Kier molecular flexibility index (Phi) is 4.03. The fourth-order valence-corrected chi connectivity index (χ4v) is 3.03. The van der Waals surface area contributed by atoms with Gasteiger partial charge in [0, 0.05) is 12.6 Å². The highest BCUT2D eigenvalue weighted by Crippen LogP contribution is 2.27. The van der Waals surface area contributed by atoms with E-state index in [2.05, 4.69) is 10.3 Å². The number of nitrogens with zero attached hydrogens (tertiary/aromatic N) is 2. The SMILES string of the molecule is O=[N+]([O-])c1ccc(NCC2(O)CCSCC2)nc1. The molecule has 0 bridgehead atoms. The van der Waals surface area contributed by atoms with Crippen LogP contribution in [0.1, 0.15) is 12.8 Å². The maximum Gasteiger partial charge on any atom is 0.287 e. The van der Waals surface area contributed by atoms with E-state index < -0.39 is 10.5 Å².